The lowest BCUT2D eigenvalue weighted by Gasteiger charge is -2.47. The van der Waals surface area contributed by atoms with Crippen molar-refractivity contribution in [3.8, 4) is 0 Å². The first-order valence-corrected chi connectivity index (χ1v) is 8.51. The van der Waals surface area contributed by atoms with E-state index in [4.69, 9.17) is 9.47 Å². The highest BCUT2D eigenvalue weighted by atomic mass is 79.9. The third-order valence-electron chi connectivity index (χ3n) is 4.20. The number of halogens is 1. The van der Waals surface area contributed by atoms with Gasteiger partial charge in [-0.15, -0.1) is 0 Å². The highest BCUT2D eigenvalue weighted by molar-refractivity contribution is 9.10. The summed E-state index contributed by atoms with van der Waals surface area (Å²) < 4.78 is 12.2. The molecule has 0 bridgehead atoms. The molecule has 1 unspecified atom stereocenters. The zero-order valence-electron chi connectivity index (χ0n) is 13.6. The lowest BCUT2D eigenvalue weighted by atomic mass is 9.82. The minimum absolute atomic E-state index is 0.242. The van der Waals surface area contributed by atoms with E-state index >= 15 is 0 Å². The van der Waals surface area contributed by atoms with Crippen molar-refractivity contribution in [2.45, 2.75) is 44.0 Å². The van der Waals surface area contributed by atoms with Crippen molar-refractivity contribution >= 4 is 22.0 Å². The molecule has 1 N–H and O–H groups in total. The first kappa shape index (κ1) is 16.7. The predicted octanol–water partition coefficient (Wildman–Crippen LogP) is 3.05. The van der Waals surface area contributed by atoms with Gasteiger partial charge in [0.2, 0.25) is 0 Å². The second kappa shape index (κ2) is 5.46. The van der Waals surface area contributed by atoms with Crippen LogP contribution in [0.4, 0.5) is 4.79 Å². The Morgan fingerprint density at radius 2 is 2.09 bits per heavy atom. The van der Waals surface area contributed by atoms with Crippen LogP contribution in [0.15, 0.2) is 28.7 Å². The summed E-state index contributed by atoms with van der Waals surface area (Å²) in [5.74, 6) is 0. The number of likely N-dealkylation sites (tertiary alicyclic amines) is 1. The van der Waals surface area contributed by atoms with Gasteiger partial charge in [0, 0.05) is 10.9 Å². The summed E-state index contributed by atoms with van der Waals surface area (Å²) in [7, 11) is 0. The van der Waals surface area contributed by atoms with Crippen molar-refractivity contribution in [2.75, 3.05) is 19.7 Å². The van der Waals surface area contributed by atoms with Crippen molar-refractivity contribution in [1.82, 2.24) is 4.90 Å². The van der Waals surface area contributed by atoms with Gasteiger partial charge in [-0.05, 0) is 38.5 Å². The molecule has 1 amide bonds. The fourth-order valence-electron chi connectivity index (χ4n) is 3.18. The molecule has 2 aliphatic rings. The Kier molecular flexibility index (Phi) is 3.98. The first-order valence-electron chi connectivity index (χ1n) is 7.71. The number of aliphatic hydroxyl groups is 1. The van der Waals surface area contributed by atoms with Crippen LogP contribution in [0, 0.1) is 0 Å². The summed E-state index contributed by atoms with van der Waals surface area (Å²) in [5.41, 5.74) is -1.15. The lowest BCUT2D eigenvalue weighted by Crippen LogP contribution is -2.64. The lowest BCUT2D eigenvalue weighted by molar-refractivity contribution is -0.109. The van der Waals surface area contributed by atoms with Crippen LogP contribution in [0.5, 0.6) is 0 Å². The fourth-order valence-corrected chi connectivity index (χ4v) is 3.58. The summed E-state index contributed by atoms with van der Waals surface area (Å²) >= 11 is 3.43. The van der Waals surface area contributed by atoms with Crippen molar-refractivity contribution < 1.29 is 19.4 Å². The Hall–Kier alpha value is -1.11. The smallest absolute Gasteiger partial charge is 0.410 e. The largest absolute Gasteiger partial charge is 0.444 e. The number of nitrogens with zero attached hydrogens (tertiary/aromatic N) is 1. The third-order valence-corrected chi connectivity index (χ3v) is 4.70. The molecule has 1 aromatic carbocycles. The third kappa shape index (κ3) is 3.39. The number of carbonyl (C=O) groups is 1. The van der Waals surface area contributed by atoms with Gasteiger partial charge < -0.3 is 19.5 Å². The standard InChI is InChI=1S/C17H22BrNO4/c1-15(2,3)23-14(20)19-9-16(10-19)8-17(21,11-22-16)12-5-4-6-13(18)7-12/h4-7,21H,8-11H2,1-3H3. The van der Waals surface area contributed by atoms with Crippen LogP contribution in [0.25, 0.3) is 0 Å². The number of amides is 1. The fraction of sp³-hybridized carbons (Fsp3) is 0.588. The Labute approximate surface area is 144 Å². The topological polar surface area (TPSA) is 59.0 Å². The van der Waals surface area contributed by atoms with Crippen LogP contribution in [-0.2, 0) is 15.1 Å². The molecule has 2 heterocycles. The van der Waals surface area contributed by atoms with E-state index in [2.05, 4.69) is 15.9 Å². The molecule has 0 aliphatic carbocycles. The molecule has 3 rings (SSSR count). The second-order valence-corrected chi connectivity index (χ2v) is 8.44. The van der Waals surface area contributed by atoms with Crippen LogP contribution in [0.2, 0.25) is 0 Å². The molecule has 0 radical (unpaired) electrons. The van der Waals surface area contributed by atoms with E-state index in [1.807, 2.05) is 45.0 Å². The summed E-state index contributed by atoms with van der Waals surface area (Å²) in [6.45, 7) is 6.69. The molecule has 126 valence electrons. The van der Waals surface area contributed by atoms with Crippen molar-refractivity contribution in [3.63, 3.8) is 0 Å². The van der Waals surface area contributed by atoms with E-state index in [0.29, 0.717) is 19.5 Å². The van der Waals surface area contributed by atoms with Gasteiger partial charge in [0.05, 0.1) is 19.7 Å². The van der Waals surface area contributed by atoms with Crippen LogP contribution < -0.4 is 0 Å². The molecule has 0 saturated carbocycles. The highest BCUT2D eigenvalue weighted by Crippen LogP contribution is 2.45. The normalized spacial score (nSPS) is 26.2. The molecule has 1 aromatic rings. The maximum absolute atomic E-state index is 12.0. The molecule has 2 saturated heterocycles. The minimum Gasteiger partial charge on any atom is -0.444 e. The van der Waals surface area contributed by atoms with Gasteiger partial charge in [-0.3, -0.25) is 0 Å². The SMILES string of the molecule is CC(C)(C)OC(=O)N1CC2(C1)CC(O)(c1cccc(Br)c1)CO2. The van der Waals surface area contributed by atoms with Gasteiger partial charge in [0.15, 0.2) is 0 Å². The number of hydrogen-bond acceptors (Lipinski definition) is 4. The van der Waals surface area contributed by atoms with Gasteiger partial charge in [-0.1, -0.05) is 28.1 Å². The molecule has 5 nitrogen and oxygen atoms in total. The Morgan fingerprint density at radius 3 is 2.70 bits per heavy atom. The molecule has 0 aromatic heterocycles. The van der Waals surface area contributed by atoms with Crippen LogP contribution in [-0.4, -0.2) is 47.0 Å². The minimum atomic E-state index is -1.01. The molecular weight excluding hydrogens is 362 g/mol. The monoisotopic (exact) mass is 383 g/mol. The zero-order valence-corrected chi connectivity index (χ0v) is 15.2. The quantitative estimate of drug-likeness (QED) is 0.809. The Balaban J connectivity index is 1.64. The molecule has 1 atom stereocenters. The van der Waals surface area contributed by atoms with E-state index in [9.17, 15) is 9.90 Å². The summed E-state index contributed by atoms with van der Waals surface area (Å²) in [4.78, 5) is 13.7. The van der Waals surface area contributed by atoms with E-state index in [0.717, 1.165) is 10.0 Å². The first-order chi connectivity index (χ1) is 10.6. The molecule has 1 spiro atoms. The van der Waals surface area contributed by atoms with E-state index < -0.39 is 16.8 Å². The number of ether oxygens (including phenoxy) is 2. The van der Waals surface area contributed by atoms with Crippen LogP contribution >= 0.6 is 15.9 Å². The highest BCUT2D eigenvalue weighted by Gasteiger charge is 2.57. The van der Waals surface area contributed by atoms with Crippen molar-refractivity contribution in [3.05, 3.63) is 34.3 Å². The Morgan fingerprint density at radius 1 is 1.39 bits per heavy atom. The molecule has 23 heavy (non-hydrogen) atoms. The van der Waals surface area contributed by atoms with Gasteiger partial charge in [0.25, 0.3) is 0 Å². The van der Waals surface area contributed by atoms with Gasteiger partial charge in [-0.2, -0.15) is 0 Å². The zero-order chi connectivity index (χ0) is 16.9. The number of hydrogen-bond donors (Lipinski definition) is 1. The predicted molar refractivity (Wildman–Crippen MR) is 89.1 cm³/mol. The number of carbonyl (C=O) groups excluding carboxylic acids is 1. The molecule has 6 heteroatoms. The second-order valence-electron chi connectivity index (χ2n) is 7.53. The van der Waals surface area contributed by atoms with E-state index in [1.54, 1.807) is 4.90 Å². The molecular formula is C17H22BrNO4. The Bertz CT molecular complexity index is 621. The summed E-state index contributed by atoms with van der Waals surface area (Å²) in [6, 6.07) is 7.63. The van der Waals surface area contributed by atoms with E-state index in [1.165, 1.54) is 0 Å². The summed E-state index contributed by atoms with van der Waals surface area (Å²) in [6.07, 6.45) is 0.153. The van der Waals surface area contributed by atoms with Gasteiger partial charge >= 0.3 is 6.09 Å². The maximum Gasteiger partial charge on any atom is 0.410 e. The average molecular weight is 384 g/mol. The maximum atomic E-state index is 12.0. The van der Waals surface area contributed by atoms with E-state index in [-0.39, 0.29) is 12.7 Å². The number of benzene rings is 1. The van der Waals surface area contributed by atoms with Gasteiger partial charge in [-0.25, -0.2) is 4.79 Å². The van der Waals surface area contributed by atoms with Crippen LogP contribution in [0.1, 0.15) is 32.8 Å². The van der Waals surface area contributed by atoms with Crippen molar-refractivity contribution in [2.24, 2.45) is 0 Å². The van der Waals surface area contributed by atoms with Gasteiger partial charge in [0.1, 0.15) is 16.8 Å². The molecule has 2 aliphatic heterocycles. The molecule has 2 fully saturated rings. The summed E-state index contributed by atoms with van der Waals surface area (Å²) in [5, 5.41) is 10.9. The average Bonchev–Trinajstić information content (AvgIpc) is 2.75. The number of rotatable bonds is 1. The van der Waals surface area contributed by atoms with Crippen molar-refractivity contribution in [1.29, 1.82) is 0 Å². The van der Waals surface area contributed by atoms with Crippen LogP contribution in [0.3, 0.4) is 0 Å².